The Morgan fingerprint density at radius 3 is 2.39 bits per heavy atom. The van der Waals surface area contributed by atoms with Crippen LogP contribution in [0.25, 0.3) is 0 Å². The summed E-state index contributed by atoms with van der Waals surface area (Å²) in [5, 5.41) is 2.80. The van der Waals surface area contributed by atoms with Crippen LogP contribution in [0.4, 0.5) is 5.69 Å². The summed E-state index contributed by atoms with van der Waals surface area (Å²) in [7, 11) is -3.71. The highest BCUT2D eigenvalue weighted by Gasteiger charge is 2.39. The van der Waals surface area contributed by atoms with E-state index in [1.807, 2.05) is 19.9 Å². The van der Waals surface area contributed by atoms with Crippen LogP contribution in [-0.4, -0.2) is 42.4 Å². The molecule has 9 heteroatoms. The summed E-state index contributed by atoms with van der Waals surface area (Å²) in [6.45, 7) is 5.13. The number of benzene rings is 2. The van der Waals surface area contributed by atoms with E-state index in [-0.39, 0.29) is 34.3 Å². The van der Waals surface area contributed by atoms with Crippen molar-refractivity contribution in [1.82, 2.24) is 8.87 Å². The van der Waals surface area contributed by atoms with Gasteiger partial charge in [-0.15, -0.1) is 0 Å². The topological polar surface area (TPSA) is 97.7 Å². The zero-order valence-corrected chi connectivity index (χ0v) is 21.1. The molecule has 188 valence electrons. The minimum Gasteiger partial charge on any atom is -0.491 e. The number of pyridine rings is 1. The van der Waals surface area contributed by atoms with Crippen LogP contribution in [0, 0.1) is 5.92 Å². The number of hydrogen-bond acceptors (Lipinski definition) is 5. The maximum Gasteiger partial charge on any atom is 0.255 e. The molecular formula is C27H29N3O5S. The van der Waals surface area contributed by atoms with Gasteiger partial charge in [0.15, 0.2) is 0 Å². The van der Waals surface area contributed by atoms with Gasteiger partial charge in [-0.3, -0.25) is 9.59 Å². The average Bonchev–Trinajstić information content (AvgIpc) is 2.85. The standard InChI is InChI=1S/C27H29N3O5S/c1-18(2)35-23-10-6-20(7-11-23)27(32)28-22-8-12-24(13-9-22)36(33,34)29-15-19-14-21(17-29)25-4-3-5-26(31)30(25)16-19/h3-13,18-19,21H,14-17H2,1-2H3,(H,28,32). The Bertz CT molecular complexity index is 1430. The van der Waals surface area contributed by atoms with Gasteiger partial charge in [0.25, 0.3) is 11.5 Å². The molecule has 0 spiro atoms. The number of carbonyl (C=O) groups excluding carboxylic acids is 1. The average molecular weight is 508 g/mol. The zero-order chi connectivity index (χ0) is 25.4. The Kier molecular flexibility index (Phi) is 6.44. The van der Waals surface area contributed by atoms with E-state index in [2.05, 4.69) is 5.32 Å². The molecule has 3 heterocycles. The molecule has 2 aliphatic heterocycles. The van der Waals surface area contributed by atoms with Gasteiger partial charge in [0, 0.05) is 48.6 Å². The first-order chi connectivity index (χ1) is 17.2. The zero-order valence-electron chi connectivity index (χ0n) is 20.3. The number of aromatic nitrogens is 1. The molecule has 1 aromatic heterocycles. The van der Waals surface area contributed by atoms with Crippen LogP contribution in [-0.2, 0) is 16.6 Å². The van der Waals surface area contributed by atoms with E-state index >= 15 is 0 Å². The Balaban J connectivity index is 1.28. The number of amides is 1. The van der Waals surface area contributed by atoms with E-state index in [0.717, 1.165) is 12.1 Å². The van der Waals surface area contributed by atoms with Crippen molar-refractivity contribution in [3.63, 3.8) is 0 Å². The molecule has 3 aromatic rings. The Hall–Kier alpha value is -3.43. The predicted octanol–water partition coefficient (Wildman–Crippen LogP) is 3.70. The van der Waals surface area contributed by atoms with Crippen molar-refractivity contribution in [2.24, 2.45) is 5.92 Å². The number of carbonyl (C=O) groups is 1. The lowest BCUT2D eigenvalue weighted by molar-refractivity contribution is 0.102. The maximum atomic E-state index is 13.4. The second-order valence-corrected chi connectivity index (χ2v) is 11.6. The molecule has 8 nitrogen and oxygen atoms in total. The summed E-state index contributed by atoms with van der Waals surface area (Å²) in [4.78, 5) is 25.0. The van der Waals surface area contributed by atoms with E-state index in [4.69, 9.17) is 4.74 Å². The number of ether oxygens (including phenoxy) is 1. The molecule has 1 saturated heterocycles. The fourth-order valence-corrected chi connectivity index (χ4v) is 6.63. The normalized spacial score (nSPS) is 19.5. The third kappa shape index (κ3) is 4.81. The summed E-state index contributed by atoms with van der Waals surface area (Å²) >= 11 is 0. The highest BCUT2D eigenvalue weighted by Crippen LogP contribution is 2.37. The van der Waals surface area contributed by atoms with Crippen LogP contribution in [0.5, 0.6) is 5.75 Å². The van der Waals surface area contributed by atoms with E-state index in [9.17, 15) is 18.0 Å². The first-order valence-corrected chi connectivity index (χ1v) is 13.5. The first kappa shape index (κ1) is 24.3. The third-order valence-electron chi connectivity index (χ3n) is 6.68. The number of nitrogens with one attached hydrogen (secondary N) is 1. The van der Waals surface area contributed by atoms with Crippen molar-refractivity contribution < 1.29 is 17.9 Å². The fourth-order valence-electron chi connectivity index (χ4n) is 5.07. The van der Waals surface area contributed by atoms with Crippen molar-refractivity contribution in [3.05, 3.63) is 88.3 Å². The molecule has 5 rings (SSSR count). The van der Waals surface area contributed by atoms with Crippen LogP contribution in [0.2, 0.25) is 0 Å². The predicted molar refractivity (Wildman–Crippen MR) is 137 cm³/mol. The Morgan fingerprint density at radius 2 is 1.69 bits per heavy atom. The van der Waals surface area contributed by atoms with Crippen molar-refractivity contribution in [3.8, 4) is 5.75 Å². The molecule has 0 saturated carbocycles. The molecule has 1 N–H and O–H groups in total. The molecule has 2 bridgehead atoms. The molecule has 36 heavy (non-hydrogen) atoms. The van der Waals surface area contributed by atoms with Gasteiger partial charge in [-0.25, -0.2) is 8.42 Å². The Morgan fingerprint density at radius 1 is 0.972 bits per heavy atom. The summed E-state index contributed by atoms with van der Waals surface area (Å²) in [5.74, 6) is 0.493. The third-order valence-corrected chi connectivity index (χ3v) is 8.53. The van der Waals surface area contributed by atoms with Crippen molar-refractivity contribution in [1.29, 1.82) is 0 Å². The fraction of sp³-hybridized carbons (Fsp3) is 0.333. The molecule has 0 radical (unpaired) electrons. The summed E-state index contributed by atoms with van der Waals surface area (Å²) in [5.41, 5.74) is 1.85. The lowest BCUT2D eigenvalue weighted by Crippen LogP contribution is -2.48. The second kappa shape index (κ2) is 9.55. The van der Waals surface area contributed by atoms with Gasteiger partial charge in [-0.2, -0.15) is 4.31 Å². The van der Waals surface area contributed by atoms with Gasteiger partial charge in [0.2, 0.25) is 10.0 Å². The summed E-state index contributed by atoms with van der Waals surface area (Å²) in [6.07, 6.45) is 0.926. The number of fused-ring (bicyclic) bond motifs is 4. The number of nitrogens with zero attached hydrogens (tertiary/aromatic N) is 2. The van der Waals surface area contributed by atoms with Crippen LogP contribution >= 0.6 is 0 Å². The molecule has 2 unspecified atom stereocenters. The largest absolute Gasteiger partial charge is 0.491 e. The van der Waals surface area contributed by atoms with Gasteiger partial charge in [0.05, 0.1) is 11.0 Å². The quantitative estimate of drug-likeness (QED) is 0.549. The van der Waals surface area contributed by atoms with Crippen LogP contribution < -0.4 is 15.6 Å². The van der Waals surface area contributed by atoms with Gasteiger partial charge in [0.1, 0.15) is 5.75 Å². The van der Waals surface area contributed by atoms with E-state index < -0.39 is 10.0 Å². The maximum absolute atomic E-state index is 13.4. The second-order valence-electron chi connectivity index (χ2n) is 9.69. The van der Waals surface area contributed by atoms with E-state index in [1.165, 1.54) is 16.4 Å². The van der Waals surface area contributed by atoms with Crippen molar-refractivity contribution in [2.45, 2.75) is 43.7 Å². The molecular weight excluding hydrogens is 478 g/mol. The van der Waals surface area contributed by atoms with Crippen molar-refractivity contribution in [2.75, 3.05) is 18.4 Å². The molecule has 2 aromatic carbocycles. The van der Waals surface area contributed by atoms with Crippen molar-refractivity contribution >= 4 is 21.6 Å². The molecule has 0 aliphatic carbocycles. The number of anilines is 1. The summed E-state index contributed by atoms with van der Waals surface area (Å²) in [6, 6.07) is 18.3. The van der Waals surface area contributed by atoms with Gasteiger partial charge in [-0.1, -0.05) is 6.07 Å². The molecule has 2 atom stereocenters. The van der Waals surface area contributed by atoms with Crippen LogP contribution in [0.1, 0.15) is 42.2 Å². The van der Waals surface area contributed by atoms with E-state index in [1.54, 1.807) is 53.1 Å². The summed E-state index contributed by atoms with van der Waals surface area (Å²) < 4.78 is 35.8. The minimum atomic E-state index is -3.71. The first-order valence-electron chi connectivity index (χ1n) is 12.1. The van der Waals surface area contributed by atoms with Gasteiger partial charge < -0.3 is 14.6 Å². The lowest BCUT2D eigenvalue weighted by Gasteiger charge is -2.42. The molecule has 1 amide bonds. The number of sulfonamides is 1. The van der Waals surface area contributed by atoms with Gasteiger partial charge >= 0.3 is 0 Å². The lowest BCUT2D eigenvalue weighted by atomic mass is 9.84. The number of piperidine rings is 1. The Labute approximate surface area is 210 Å². The van der Waals surface area contributed by atoms with Gasteiger partial charge in [-0.05, 0) is 80.8 Å². The molecule has 1 fully saturated rings. The van der Waals surface area contributed by atoms with Crippen LogP contribution in [0.15, 0.2) is 76.4 Å². The van der Waals surface area contributed by atoms with Crippen LogP contribution in [0.3, 0.4) is 0 Å². The van der Waals surface area contributed by atoms with E-state index in [0.29, 0.717) is 36.6 Å². The minimum absolute atomic E-state index is 0.00272. The number of rotatable bonds is 6. The molecule has 2 aliphatic rings. The highest BCUT2D eigenvalue weighted by atomic mass is 32.2. The number of hydrogen-bond donors (Lipinski definition) is 1. The SMILES string of the molecule is CC(C)Oc1ccc(C(=O)Nc2ccc(S(=O)(=O)N3CC4CC(C3)c3cccc(=O)n3C4)cc2)cc1. The monoisotopic (exact) mass is 507 g/mol. The smallest absolute Gasteiger partial charge is 0.255 e. The highest BCUT2D eigenvalue weighted by molar-refractivity contribution is 7.89.